The second-order valence-electron chi connectivity index (χ2n) is 6.13. The Bertz CT molecular complexity index is 879. The summed E-state index contributed by atoms with van der Waals surface area (Å²) in [4.78, 5) is 15.7. The fraction of sp³-hybridized carbons (Fsp3) is 0.389. The van der Waals surface area contributed by atoms with E-state index in [4.69, 9.17) is 0 Å². The van der Waals surface area contributed by atoms with Gasteiger partial charge in [-0.1, -0.05) is 19.4 Å². The van der Waals surface area contributed by atoms with E-state index >= 15 is 0 Å². The highest BCUT2D eigenvalue weighted by Crippen LogP contribution is 2.36. The van der Waals surface area contributed by atoms with Gasteiger partial charge in [0.1, 0.15) is 0 Å². The molecule has 1 aromatic carbocycles. The van der Waals surface area contributed by atoms with E-state index < -0.39 is 10.0 Å². The second-order valence-corrected chi connectivity index (χ2v) is 9.96. The van der Waals surface area contributed by atoms with Crippen molar-refractivity contribution in [1.82, 2.24) is 4.72 Å². The summed E-state index contributed by atoms with van der Waals surface area (Å²) in [5.41, 5.74) is 0.680. The third-order valence-corrected chi connectivity index (χ3v) is 7.74. The van der Waals surface area contributed by atoms with Gasteiger partial charge in [0.05, 0.1) is 16.6 Å². The number of hydrogen-bond donors (Lipinski definition) is 1. The van der Waals surface area contributed by atoms with Crippen LogP contribution in [0.1, 0.15) is 37.6 Å². The van der Waals surface area contributed by atoms with Crippen LogP contribution < -0.4 is 9.62 Å². The van der Waals surface area contributed by atoms with Crippen LogP contribution in [-0.2, 0) is 14.8 Å². The van der Waals surface area contributed by atoms with Crippen LogP contribution in [0.5, 0.6) is 0 Å². The molecule has 0 saturated carbocycles. The molecule has 1 N–H and O–H groups in total. The summed E-state index contributed by atoms with van der Waals surface area (Å²) in [5, 5.41) is 1.95. The quantitative estimate of drug-likeness (QED) is 0.781. The number of benzene rings is 1. The number of thioether (sulfide) groups is 1. The van der Waals surface area contributed by atoms with Crippen molar-refractivity contribution >= 4 is 44.7 Å². The molecule has 0 unspecified atom stereocenters. The highest BCUT2D eigenvalue weighted by Gasteiger charge is 2.26. The highest BCUT2D eigenvalue weighted by atomic mass is 32.2. The molecule has 2 aromatic rings. The van der Waals surface area contributed by atoms with Crippen molar-refractivity contribution in [2.45, 2.75) is 42.5 Å². The topological polar surface area (TPSA) is 66.5 Å². The van der Waals surface area contributed by atoms with Gasteiger partial charge >= 0.3 is 0 Å². The fourth-order valence-electron chi connectivity index (χ4n) is 2.98. The number of rotatable bonds is 6. The molecule has 1 aliphatic rings. The van der Waals surface area contributed by atoms with Crippen molar-refractivity contribution in [1.29, 1.82) is 0 Å². The Morgan fingerprint density at radius 1 is 1.35 bits per heavy atom. The fourth-order valence-corrected chi connectivity index (χ4v) is 6.12. The van der Waals surface area contributed by atoms with Gasteiger partial charge in [-0.2, -0.15) is 0 Å². The largest absolute Gasteiger partial charge is 0.311 e. The number of carbonyl (C=O) groups excluding carboxylic acids is 1. The van der Waals surface area contributed by atoms with Crippen LogP contribution >= 0.6 is 23.1 Å². The summed E-state index contributed by atoms with van der Waals surface area (Å²) in [7, 11) is -3.68. The molecule has 1 aliphatic heterocycles. The van der Waals surface area contributed by atoms with E-state index in [0.29, 0.717) is 12.2 Å². The molecule has 0 radical (unpaired) electrons. The molecule has 1 amide bonds. The van der Waals surface area contributed by atoms with E-state index in [0.717, 1.165) is 28.4 Å². The lowest BCUT2D eigenvalue weighted by molar-refractivity contribution is -0.116. The molecule has 1 atom stereocenters. The van der Waals surface area contributed by atoms with Crippen LogP contribution in [0, 0.1) is 0 Å². The standard InChI is InChI=1S/C18H22N2O3S3/c1-3-5-15(17-6-4-10-24-17)19-26(22,23)14-7-8-18-16(12-14)20(13(2)21)9-11-25-18/h4,6-8,10,12,15,19H,3,5,9,11H2,1-2H3/t15-/m1/s1. The molecule has 0 bridgehead atoms. The van der Waals surface area contributed by atoms with Gasteiger partial charge in [-0.25, -0.2) is 13.1 Å². The molecule has 26 heavy (non-hydrogen) atoms. The zero-order valence-electron chi connectivity index (χ0n) is 14.8. The van der Waals surface area contributed by atoms with E-state index in [1.165, 1.54) is 6.92 Å². The third kappa shape index (κ3) is 4.14. The molecular formula is C18H22N2O3S3. The van der Waals surface area contributed by atoms with Crippen LogP contribution in [0.2, 0.25) is 0 Å². The number of sulfonamides is 1. The number of thiophene rings is 1. The molecule has 0 saturated heterocycles. The first kappa shape index (κ1) is 19.4. The number of carbonyl (C=O) groups is 1. The molecule has 1 aromatic heterocycles. The van der Waals surface area contributed by atoms with Crippen LogP contribution in [0.15, 0.2) is 45.5 Å². The molecule has 3 rings (SSSR count). The maximum absolute atomic E-state index is 13.0. The Morgan fingerprint density at radius 2 is 2.15 bits per heavy atom. The van der Waals surface area contributed by atoms with Crippen LogP contribution in [0.3, 0.4) is 0 Å². The Hall–Kier alpha value is -1.35. The summed E-state index contributed by atoms with van der Waals surface area (Å²) in [6.45, 7) is 4.14. The Balaban J connectivity index is 1.92. The van der Waals surface area contributed by atoms with Gasteiger partial charge < -0.3 is 4.90 Å². The Kier molecular flexibility index (Phi) is 6.06. The molecule has 0 spiro atoms. The van der Waals surface area contributed by atoms with Gasteiger partial charge in [0.25, 0.3) is 0 Å². The minimum Gasteiger partial charge on any atom is -0.311 e. The lowest BCUT2D eigenvalue weighted by Gasteiger charge is -2.28. The molecule has 140 valence electrons. The predicted octanol–water partition coefficient (Wildman–Crippen LogP) is 4.03. The maximum Gasteiger partial charge on any atom is 0.241 e. The lowest BCUT2D eigenvalue weighted by Crippen LogP contribution is -2.34. The molecule has 8 heteroatoms. The summed E-state index contributed by atoms with van der Waals surface area (Å²) in [6, 6.07) is 8.67. The summed E-state index contributed by atoms with van der Waals surface area (Å²) < 4.78 is 28.8. The van der Waals surface area contributed by atoms with E-state index in [9.17, 15) is 13.2 Å². The van der Waals surface area contributed by atoms with Crippen molar-refractivity contribution in [3.05, 3.63) is 40.6 Å². The highest BCUT2D eigenvalue weighted by molar-refractivity contribution is 7.99. The minimum atomic E-state index is -3.68. The van der Waals surface area contributed by atoms with Crippen LogP contribution in [0.4, 0.5) is 5.69 Å². The average Bonchev–Trinajstić information content (AvgIpc) is 3.14. The first-order valence-corrected chi connectivity index (χ1v) is 11.9. The minimum absolute atomic E-state index is 0.0727. The van der Waals surface area contributed by atoms with Crippen molar-refractivity contribution in [2.24, 2.45) is 0 Å². The van der Waals surface area contributed by atoms with Crippen molar-refractivity contribution in [3.8, 4) is 0 Å². The van der Waals surface area contributed by atoms with Gasteiger partial charge in [0, 0.05) is 29.0 Å². The van der Waals surface area contributed by atoms with Gasteiger partial charge in [0.15, 0.2) is 0 Å². The summed E-state index contributed by atoms with van der Waals surface area (Å²) in [6.07, 6.45) is 1.62. The molecule has 2 heterocycles. The van der Waals surface area contributed by atoms with Crippen molar-refractivity contribution in [3.63, 3.8) is 0 Å². The number of nitrogens with one attached hydrogen (secondary N) is 1. The number of fused-ring (bicyclic) bond motifs is 1. The van der Waals surface area contributed by atoms with Gasteiger partial charge in [-0.05, 0) is 36.1 Å². The molecular weight excluding hydrogens is 388 g/mol. The van der Waals surface area contributed by atoms with E-state index in [-0.39, 0.29) is 16.8 Å². The molecule has 0 fully saturated rings. The SMILES string of the molecule is CCC[C@@H](NS(=O)(=O)c1ccc2c(c1)N(C(C)=O)CCS2)c1cccs1. The van der Waals surface area contributed by atoms with Gasteiger partial charge in [0.2, 0.25) is 15.9 Å². The van der Waals surface area contributed by atoms with Crippen LogP contribution in [-0.4, -0.2) is 26.6 Å². The van der Waals surface area contributed by atoms with Gasteiger partial charge in [-0.3, -0.25) is 4.79 Å². The summed E-state index contributed by atoms with van der Waals surface area (Å²) in [5.74, 6) is 0.741. The van der Waals surface area contributed by atoms with Crippen LogP contribution in [0.25, 0.3) is 0 Å². The normalized spacial score (nSPS) is 15.5. The number of amides is 1. The number of nitrogens with zero attached hydrogens (tertiary/aromatic N) is 1. The Labute approximate surface area is 162 Å². The zero-order valence-corrected chi connectivity index (χ0v) is 17.2. The zero-order chi connectivity index (χ0) is 18.7. The summed E-state index contributed by atoms with van der Waals surface area (Å²) >= 11 is 3.19. The number of hydrogen-bond acceptors (Lipinski definition) is 5. The molecule has 0 aliphatic carbocycles. The average molecular weight is 411 g/mol. The molecule has 5 nitrogen and oxygen atoms in total. The van der Waals surface area contributed by atoms with E-state index in [1.807, 2.05) is 24.4 Å². The Morgan fingerprint density at radius 3 is 2.81 bits per heavy atom. The van der Waals surface area contributed by atoms with Crippen molar-refractivity contribution in [2.75, 3.05) is 17.2 Å². The monoisotopic (exact) mass is 410 g/mol. The van der Waals surface area contributed by atoms with Crippen molar-refractivity contribution < 1.29 is 13.2 Å². The van der Waals surface area contributed by atoms with Gasteiger partial charge in [-0.15, -0.1) is 23.1 Å². The maximum atomic E-state index is 13.0. The first-order chi connectivity index (χ1) is 12.4. The predicted molar refractivity (Wildman–Crippen MR) is 107 cm³/mol. The second kappa shape index (κ2) is 8.12. The number of anilines is 1. The van der Waals surface area contributed by atoms with E-state index in [2.05, 4.69) is 4.72 Å². The lowest BCUT2D eigenvalue weighted by atomic mass is 10.1. The smallest absolute Gasteiger partial charge is 0.241 e. The first-order valence-electron chi connectivity index (χ1n) is 8.53. The third-order valence-electron chi connectivity index (χ3n) is 4.25. The van der Waals surface area contributed by atoms with E-state index in [1.54, 1.807) is 46.2 Å².